The number of hydrogen-bond acceptors (Lipinski definition) is 5. The molecule has 0 bridgehead atoms. The fourth-order valence-electron chi connectivity index (χ4n) is 7.68. The first-order valence-electron chi connectivity index (χ1n) is 14.8. The van der Waals surface area contributed by atoms with Crippen LogP contribution in [0, 0.1) is 16.7 Å². The van der Waals surface area contributed by atoms with Crippen LogP contribution in [0.2, 0.25) is 18.1 Å². The molecule has 0 radical (unpaired) electrons. The summed E-state index contributed by atoms with van der Waals surface area (Å²) in [6.45, 7) is 28.3. The molecule has 0 N–H and O–H groups in total. The zero-order chi connectivity index (χ0) is 30.1. The van der Waals surface area contributed by atoms with E-state index >= 15 is 0 Å². The first kappa shape index (κ1) is 31.7. The minimum Gasteiger partial charge on any atom is -0.413 e. The van der Waals surface area contributed by atoms with Crippen LogP contribution < -0.4 is 0 Å². The number of rotatable bonds is 7. The molecule has 224 valence electrons. The summed E-state index contributed by atoms with van der Waals surface area (Å²) in [5.41, 5.74) is 1.22. The van der Waals surface area contributed by atoms with Gasteiger partial charge in [0.15, 0.2) is 23.9 Å². The van der Waals surface area contributed by atoms with Crippen LogP contribution in [0.3, 0.4) is 0 Å². The Balaban J connectivity index is 2.02. The normalized spacial score (nSPS) is 32.8. The molecule has 0 amide bonds. The van der Waals surface area contributed by atoms with Crippen LogP contribution in [0.1, 0.15) is 81.6 Å². The van der Waals surface area contributed by atoms with Gasteiger partial charge < -0.3 is 13.9 Å². The molecule has 1 heterocycles. The molecule has 2 aliphatic carbocycles. The molecule has 7 heteroatoms. The number of hydrogen-bond donors (Lipinski definition) is 0. The van der Waals surface area contributed by atoms with Gasteiger partial charge >= 0.3 is 0 Å². The van der Waals surface area contributed by atoms with E-state index in [2.05, 4.69) is 68.1 Å². The standard InChI is InChI=1S/C33H52O5SSi/c1-13-17-24(39(34,35)23-18-15-14-16-19-23)26-22(2)27-28(37-32(8,9)36-27)29-31(6,7)21-20-25(33(26,29)10)38-40(11,12)30(3,4)5/h13-16,18-19,24-25,27-29H,1,17,20-21H2,2-12H3/t24-,25+,27-,28-,29-,33+/m0/s1. The summed E-state index contributed by atoms with van der Waals surface area (Å²) in [5, 5.41) is -0.749. The van der Waals surface area contributed by atoms with Gasteiger partial charge in [0.25, 0.3) is 0 Å². The number of benzene rings is 1. The van der Waals surface area contributed by atoms with E-state index in [1.54, 1.807) is 30.3 Å². The third-order valence-corrected chi connectivity index (χ3v) is 17.1. The highest BCUT2D eigenvalue weighted by molar-refractivity contribution is 7.92. The summed E-state index contributed by atoms with van der Waals surface area (Å²) < 4.78 is 49.7. The highest BCUT2D eigenvalue weighted by Gasteiger charge is 2.67. The van der Waals surface area contributed by atoms with Crippen LogP contribution >= 0.6 is 0 Å². The second-order valence-electron chi connectivity index (χ2n) is 15.1. The molecule has 0 aromatic heterocycles. The lowest BCUT2D eigenvalue weighted by molar-refractivity contribution is -0.175. The van der Waals surface area contributed by atoms with Gasteiger partial charge in [-0.2, -0.15) is 0 Å². The molecule has 4 rings (SSSR count). The van der Waals surface area contributed by atoms with E-state index in [-0.39, 0.29) is 34.7 Å². The van der Waals surface area contributed by atoms with E-state index < -0.39 is 34.6 Å². The van der Waals surface area contributed by atoms with Crippen molar-refractivity contribution >= 4 is 18.2 Å². The van der Waals surface area contributed by atoms with Crippen molar-refractivity contribution in [2.75, 3.05) is 0 Å². The summed E-state index contributed by atoms with van der Waals surface area (Å²) in [6.07, 6.45) is 3.29. The van der Waals surface area contributed by atoms with Crippen LogP contribution in [-0.4, -0.2) is 46.1 Å². The lowest BCUT2D eigenvalue weighted by atomic mass is 9.47. The summed E-state index contributed by atoms with van der Waals surface area (Å²) >= 11 is 0. The molecular weight excluding hydrogens is 537 g/mol. The van der Waals surface area contributed by atoms with Crippen LogP contribution in [0.25, 0.3) is 0 Å². The Bertz CT molecular complexity index is 1260. The average molecular weight is 589 g/mol. The minimum atomic E-state index is -3.74. The van der Waals surface area contributed by atoms with Gasteiger partial charge in [0.1, 0.15) is 6.10 Å². The van der Waals surface area contributed by atoms with Gasteiger partial charge in [0, 0.05) is 11.3 Å². The Morgan fingerprint density at radius 3 is 2.25 bits per heavy atom. The second-order valence-corrected chi connectivity index (χ2v) is 22.0. The molecular formula is C33H52O5SSi. The van der Waals surface area contributed by atoms with E-state index in [0.717, 1.165) is 24.0 Å². The smallest absolute Gasteiger partial charge is 0.192 e. The Morgan fingerprint density at radius 1 is 1.10 bits per heavy atom. The molecule has 3 aliphatic rings. The number of sulfone groups is 1. The Labute approximate surface area is 244 Å². The maximum Gasteiger partial charge on any atom is 0.192 e. The monoisotopic (exact) mass is 588 g/mol. The van der Waals surface area contributed by atoms with Gasteiger partial charge in [-0.25, -0.2) is 8.42 Å². The van der Waals surface area contributed by atoms with Gasteiger partial charge in [-0.1, -0.05) is 65.8 Å². The molecule has 1 aromatic carbocycles. The first-order chi connectivity index (χ1) is 18.2. The fourth-order valence-corrected chi connectivity index (χ4v) is 11.1. The molecule has 1 aliphatic heterocycles. The third kappa shape index (κ3) is 5.12. The van der Waals surface area contributed by atoms with Crippen LogP contribution in [0.5, 0.6) is 0 Å². The third-order valence-electron chi connectivity index (χ3n) is 10.5. The summed E-state index contributed by atoms with van der Waals surface area (Å²) in [6, 6.07) is 8.86. The highest BCUT2D eigenvalue weighted by Crippen LogP contribution is 2.65. The minimum absolute atomic E-state index is 0.00674. The largest absolute Gasteiger partial charge is 0.413 e. The van der Waals surface area contributed by atoms with Crippen LogP contribution in [-0.2, 0) is 23.7 Å². The van der Waals surface area contributed by atoms with E-state index in [1.807, 2.05) is 19.9 Å². The predicted molar refractivity (Wildman–Crippen MR) is 165 cm³/mol. The topological polar surface area (TPSA) is 61.8 Å². The van der Waals surface area contributed by atoms with Crippen molar-refractivity contribution in [3.63, 3.8) is 0 Å². The quantitative estimate of drug-likeness (QED) is 0.238. The second kappa shape index (κ2) is 10.2. The van der Waals surface area contributed by atoms with Crippen molar-refractivity contribution in [2.24, 2.45) is 16.7 Å². The van der Waals surface area contributed by atoms with Crippen LogP contribution in [0.4, 0.5) is 0 Å². The molecule has 0 spiro atoms. The van der Waals surface area contributed by atoms with Crippen molar-refractivity contribution < 1.29 is 22.3 Å². The molecule has 1 saturated carbocycles. The average Bonchev–Trinajstić information content (AvgIpc) is 3.14. The SMILES string of the molecule is C=CC[C@@H](C1=C(C)[C@@H]2OC(C)(C)O[C@@H]2[C@H]2C(C)(C)CC[C@@H](O[Si](C)(C)C(C)(C)C)[C@]12C)S(=O)(=O)c1ccccc1. The van der Waals surface area contributed by atoms with Crippen molar-refractivity contribution in [3.05, 3.63) is 54.1 Å². The maximum absolute atomic E-state index is 14.5. The van der Waals surface area contributed by atoms with Crippen LogP contribution in [0.15, 0.2) is 59.0 Å². The van der Waals surface area contributed by atoms with E-state index in [4.69, 9.17) is 13.9 Å². The molecule has 0 unspecified atom stereocenters. The highest BCUT2D eigenvalue weighted by atomic mass is 32.2. The molecule has 40 heavy (non-hydrogen) atoms. The number of ether oxygens (including phenoxy) is 2. The summed E-state index contributed by atoms with van der Waals surface area (Å²) in [4.78, 5) is 0.338. The Morgan fingerprint density at radius 2 is 1.70 bits per heavy atom. The summed E-state index contributed by atoms with van der Waals surface area (Å²) in [7, 11) is -5.95. The van der Waals surface area contributed by atoms with E-state index in [1.165, 1.54) is 0 Å². The molecule has 1 aromatic rings. The van der Waals surface area contributed by atoms with Crippen molar-refractivity contribution in [1.82, 2.24) is 0 Å². The van der Waals surface area contributed by atoms with Gasteiger partial charge in [-0.3, -0.25) is 0 Å². The van der Waals surface area contributed by atoms with E-state index in [0.29, 0.717) is 11.3 Å². The maximum atomic E-state index is 14.5. The molecule has 5 nitrogen and oxygen atoms in total. The van der Waals surface area contributed by atoms with Crippen molar-refractivity contribution in [3.8, 4) is 0 Å². The van der Waals surface area contributed by atoms with Gasteiger partial charge in [-0.05, 0) is 86.9 Å². The Hall–Kier alpha value is -1.25. The van der Waals surface area contributed by atoms with Gasteiger partial charge in [-0.15, -0.1) is 6.58 Å². The van der Waals surface area contributed by atoms with Crippen molar-refractivity contribution in [1.29, 1.82) is 0 Å². The lowest BCUT2D eigenvalue weighted by Crippen LogP contribution is -2.64. The molecule has 1 saturated heterocycles. The molecule has 2 fully saturated rings. The van der Waals surface area contributed by atoms with Gasteiger partial charge in [0.2, 0.25) is 0 Å². The predicted octanol–water partition coefficient (Wildman–Crippen LogP) is 8.09. The zero-order valence-corrected chi connectivity index (χ0v) is 28.4. The summed E-state index contributed by atoms with van der Waals surface area (Å²) in [5.74, 6) is -0.755. The number of fused-ring (bicyclic) bond motifs is 3. The zero-order valence-electron chi connectivity index (χ0n) is 26.6. The molecule has 6 atom stereocenters. The van der Waals surface area contributed by atoms with Crippen molar-refractivity contribution in [2.45, 2.75) is 134 Å². The fraction of sp³-hybridized carbons (Fsp3) is 0.697. The Kier molecular flexibility index (Phi) is 8.06. The van der Waals surface area contributed by atoms with E-state index in [9.17, 15) is 8.42 Å². The van der Waals surface area contributed by atoms with Gasteiger partial charge in [0.05, 0.1) is 22.4 Å². The first-order valence-corrected chi connectivity index (χ1v) is 19.3. The lowest BCUT2D eigenvalue weighted by Gasteiger charge is -2.62. The number of allylic oxidation sites excluding steroid dienone is 1.